The van der Waals surface area contributed by atoms with E-state index in [9.17, 15) is 4.79 Å². The Morgan fingerprint density at radius 3 is 1.66 bits per heavy atom. The predicted molar refractivity (Wildman–Crippen MR) is 180 cm³/mol. The van der Waals surface area contributed by atoms with Gasteiger partial charge in [-0.3, -0.25) is 0 Å². The van der Waals surface area contributed by atoms with Crippen LogP contribution in [0, 0.1) is 6.92 Å². The van der Waals surface area contributed by atoms with Crippen LogP contribution in [-0.4, -0.2) is 24.3 Å². The van der Waals surface area contributed by atoms with Crippen molar-refractivity contribution in [1.29, 1.82) is 0 Å². The summed E-state index contributed by atoms with van der Waals surface area (Å²) in [5.74, 6) is 0.186. The summed E-state index contributed by atoms with van der Waals surface area (Å²) in [7, 11) is 0. The molecule has 0 unspecified atom stereocenters. The summed E-state index contributed by atoms with van der Waals surface area (Å²) in [4.78, 5) is 10.9. The molecule has 4 nitrogen and oxygen atoms in total. The smallest absolute Gasteiger partial charge is 0.341 e. The fourth-order valence-electron chi connectivity index (χ4n) is 5.10. The Balaban J connectivity index is 1.49. The molecule has 0 atom stereocenters. The highest BCUT2D eigenvalue weighted by Crippen LogP contribution is 2.34. The van der Waals surface area contributed by atoms with Crippen LogP contribution in [0.25, 0.3) is 27.8 Å². The predicted octanol–water partition coefficient (Wildman–Crippen LogP) is 10.4. The minimum atomic E-state index is -1.02. The highest BCUT2D eigenvalue weighted by molar-refractivity contribution is 6.31. The molecule has 6 heteroatoms. The topological polar surface area (TPSA) is 55.8 Å². The number of carboxylic acid groups (broad SMARTS) is 1. The molecule has 0 heterocycles. The molecule has 5 aromatic rings. The molecule has 0 amide bonds. The monoisotopic (exact) mass is 622 g/mol. The van der Waals surface area contributed by atoms with Crippen molar-refractivity contribution < 1.29 is 19.4 Å². The maximum atomic E-state index is 10.9. The van der Waals surface area contributed by atoms with Crippen molar-refractivity contribution in [3.63, 3.8) is 0 Å². The number of carboxylic acids is 1. The van der Waals surface area contributed by atoms with E-state index in [0.717, 1.165) is 56.5 Å². The average molecular weight is 624 g/mol. The lowest BCUT2D eigenvalue weighted by Gasteiger charge is -2.18. The number of hydrogen-bond acceptors (Lipinski definition) is 3. The molecule has 0 saturated carbocycles. The van der Waals surface area contributed by atoms with Crippen LogP contribution in [0.5, 0.6) is 11.5 Å². The van der Waals surface area contributed by atoms with E-state index in [1.54, 1.807) is 12.1 Å². The zero-order valence-corrected chi connectivity index (χ0v) is 26.0. The van der Waals surface area contributed by atoms with Crippen LogP contribution in [0.2, 0.25) is 10.0 Å². The van der Waals surface area contributed by atoms with Crippen molar-refractivity contribution in [2.24, 2.45) is 0 Å². The first-order valence-corrected chi connectivity index (χ1v) is 15.1. The summed E-state index contributed by atoms with van der Waals surface area (Å²) in [5, 5.41) is 10.3. The number of rotatable bonds is 11. The third-order valence-electron chi connectivity index (χ3n) is 7.35. The maximum Gasteiger partial charge on any atom is 0.341 e. The molecule has 222 valence electrons. The fourth-order valence-corrected chi connectivity index (χ4v) is 5.48. The van der Waals surface area contributed by atoms with Crippen LogP contribution < -0.4 is 9.47 Å². The van der Waals surface area contributed by atoms with Crippen LogP contribution in [-0.2, 0) is 4.79 Å². The Labute approximate surface area is 268 Å². The van der Waals surface area contributed by atoms with Gasteiger partial charge in [-0.15, -0.1) is 0 Å². The molecule has 0 saturated heterocycles. The van der Waals surface area contributed by atoms with E-state index in [2.05, 4.69) is 67.6 Å². The van der Waals surface area contributed by atoms with Crippen LogP contribution in [0.1, 0.15) is 30.0 Å². The second kappa shape index (κ2) is 14.3. The largest absolute Gasteiger partial charge is 0.489 e. The van der Waals surface area contributed by atoms with Gasteiger partial charge in [0.15, 0.2) is 6.61 Å². The van der Waals surface area contributed by atoms with E-state index >= 15 is 0 Å². The number of hydrogen-bond donors (Lipinski definition) is 1. The van der Waals surface area contributed by atoms with Crippen LogP contribution in [0.4, 0.5) is 0 Å². The molecular formula is C38H32Cl2O4. The summed E-state index contributed by atoms with van der Waals surface area (Å²) in [6, 6.07) is 38.2. The van der Waals surface area contributed by atoms with Gasteiger partial charge in [0.1, 0.15) is 18.1 Å². The lowest BCUT2D eigenvalue weighted by Crippen LogP contribution is -2.10. The molecule has 0 aromatic heterocycles. The Kier molecular flexibility index (Phi) is 10.1. The van der Waals surface area contributed by atoms with Crippen molar-refractivity contribution in [3.8, 4) is 33.8 Å². The van der Waals surface area contributed by atoms with Gasteiger partial charge in [0, 0.05) is 10.0 Å². The Hall–Kier alpha value is -4.51. The zero-order chi connectivity index (χ0) is 31.1. The summed E-state index contributed by atoms with van der Waals surface area (Å²) in [5.41, 5.74) is 9.51. The number of carbonyl (C=O) groups is 1. The SMILES string of the molecule is CCC(COc1ccc(OCC(=O)O)c(C)c1)=C(c1ccc(-c2cccc(Cl)c2)cc1)c1ccc(-c2cccc(Cl)c2)cc1. The fraction of sp³-hybridized carbons (Fsp3) is 0.132. The molecule has 0 bridgehead atoms. The molecule has 0 fully saturated rings. The highest BCUT2D eigenvalue weighted by Gasteiger charge is 2.14. The first kappa shape index (κ1) is 30.9. The van der Waals surface area contributed by atoms with E-state index in [4.69, 9.17) is 37.8 Å². The van der Waals surface area contributed by atoms with Gasteiger partial charge in [0.2, 0.25) is 0 Å². The average Bonchev–Trinajstić information content (AvgIpc) is 3.03. The second-order valence-corrected chi connectivity index (χ2v) is 11.3. The minimum absolute atomic E-state index is 0.382. The third kappa shape index (κ3) is 7.71. The summed E-state index contributed by atoms with van der Waals surface area (Å²) in [6.07, 6.45) is 0.778. The quantitative estimate of drug-likeness (QED) is 0.159. The van der Waals surface area contributed by atoms with Crippen molar-refractivity contribution in [2.45, 2.75) is 20.3 Å². The Bertz CT molecular complexity index is 1700. The van der Waals surface area contributed by atoms with Crippen LogP contribution in [0.3, 0.4) is 0 Å². The molecular weight excluding hydrogens is 591 g/mol. The van der Waals surface area contributed by atoms with E-state index in [1.807, 2.05) is 49.4 Å². The van der Waals surface area contributed by atoms with E-state index in [1.165, 1.54) is 0 Å². The van der Waals surface area contributed by atoms with Crippen LogP contribution >= 0.6 is 23.2 Å². The van der Waals surface area contributed by atoms with Crippen molar-refractivity contribution >= 4 is 34.7 Å². The maximum absolute atomic E-state index is 10.9. The number of aliphatic carboxylic acids is 1. The van der Waals surface area contributed by atoms with Crippen molar-refractivity contribution in [3.05, 3.63) is 148 Å². The summed E-state index contributed by atoms with van der Waals surface area (Å²) >= 11 is 12.5. The first-order chi connectivity index (χ1) is 21.3. The molecule has 0 aliphatic carbocycles. The van der Waals surface area contributed by atoms with Crippen LogP contribution in [0.15, 0.2) is 121 Å². The molecule has 0 spiro atoms. The molecule has 0 aliphatic rings. The normalized spacial score (nSPS) is 10.7. The molecule has 5 rings (SSSR count). The van der Waals surface area contributed by atoms with Gasteiger partial charge in [-0.25, -0.2) is 4.79 Å². The van der Waals surface area contributed by atoms with E-state index in [0.29, 0.717) is 28.2 Å². The van der Waals surface area contributed by atoms with Crippen molar-refractivity contribution in [1.82, 2.24) is 0 Å². The first-order valence-electron chi connectivity index (χ1n) is 14.3. The Morgan fingerprint density at radius 2 is 1.20 bits per heavy atom. The summed E-state index contributed by atoms with van der Waals surface area (Å²) < 4.78 is 11.7. The zero-order valence-electron chi connectivity index (χ0n) is 24.5. The van der Waals surface area contributed by atoms with Gasteiger partial charge >= 0.3 is 5.97 Å². The molecule has 44 heavy (non-hydrogen) atoms. The summed E-state index contributed by atoms with van der Waals surface area (Å²) in [6.45, 7) is 3.99. The van der Waals surface area contributed by atoms with Gasteiger partial charge < -0.3 is 14.6 Å². The lowest BCUT2D eigenvalue weighted by atomic mass is 9.90. The number of benzene rings is 5. The Morgan fingerprint density at radius 1 is 0.659 bits per heavy atom. The molecule has 5 aromatic carbocycles. The van der Waals surface area contributed by atoms with Crippen molar-refractivity contribution in [2.75, 3.05) is 13.2 Å². The second-order valence-electron chi connectivity index (χ2n) is 10.4. The van der Waals surface area contributed by atoms with Gasteiger partial charge in [0.25, 0.3) is 0 Å². The van der Waals surface area contributed by atoms with Gasteiger partial charge in [-0.1, -0.05) is 103 Å². The third-order valence-corrected chi connectivity index (χ3v) is 7.82. The highest BCUT2D eigenvalue weighted by atomic mass is 35.5. The van der Waals surface area contributed by atoms with Gasteiger partial charge in [0.05, 0.1) is 0 Å². The standard InChI is InChI=1S/C38H32Cl2O4/c1-3-26(23-43-35-18-19-36(25(2)20-35)44-24-37(41)42)38(29-14-10-27(11-15-29)31-6-4-8-33(39)21-31)30-16-12-28(13-17-30)32-7-5-9-34(40)22-32/h4-22H,3,23-24H2,1-2H3,(H,41,42). The number of ether oxygens (including phenoxy) is 2. The molecule has 0 aliphatic heterocycles. The van der Waals surface area contributed by atoms with E-state index < -0.39 is 5.97 Å². The van der Waals surface area contributed by atoms with Gasteiger partial charge in [-0.2, -0.15) is 0 Å². The molecule has 0 radical (unpaired) electrons. The molecule has 1 N–H and O–H groups in total. The minimum Gasteiger partial charge on any atom is -0.489 e. The van der Waals surface area contributed by atoms with Gasteiger partial charge in [-0.05, 0) is 106 Å². The van der Waals surface area contributed by atoms with E-state index in [-0.39, 0.29) is 6.61 Å². The number of halogens is 2. The number of aryl methyl sites for hydroxylation is 1. The lowest BCUT2D eigenvalue weighted by molar-refractivity contribution is -0.139.